The number of esters is 1. The first-order chi connectivity index (χ1) is 17.2. The Labute approximate surface area is 219 Å². The van der Waals surface area contributed by atoms with Crippen LogP contribution in [0.25, 0.3) is 0 Å². The minimum Gasteiger partial charge on any atom is -0.469 e. The van der Waals surface area contributed by atoms with Gasteiger partial charge in [-0.1, -0.05) is 124 Å². The van der Waals surface area contributed by atoms with E-state index in [-0.39, 0.29) is 18.2 Å². The van der Waals surface area contributed by atoms with Gasteiger partial charge in [0, 0.05) is 19.6 Å². The molecule has 4 heteroatoms. The van der Waals surface area contributed by atoms with Crippen molar-refractivity contribution in [3.05, 3.63) is 0 Å². The van der Waals surface area contributed by atoms with E-state index in [1.807, 2.05) is 0 Å². The maximum atomic E-state index is 11.3. The maximum Gasteiger partial charge on any atom is 0.305 e. The fourth-order valence-corrected chi connectivity index (χ4v) is 4.65. The van der Waals surface area contributed by atoms with E-state index in [9.17, 15) is 4.79 Å². The number of hydrogen-bond donors (Lipinski definition) is 0. The average Bonchev–Trinajstić information content (AvgIpc) is 2.87. The number of methoxy groups -OCH3 is 1. The van der Waals surface area contributed by atoms with Crippen LogP contribution in [0.1, 0.15) is 162 Å². The topological polar surface area (TPSA) is 44.8 Å². The SMILES string of the molecule is CCCCCCCCC(OCCCCCC)C(CCCCCCCC(=O)OC)OCCCCCC. The van der Waals surface area contributed by atoms with E-state index >= 15 is 0 Å². The zero-order chi connectivity index (χ0) is 25.8. The van der Waals surface area contributed by atoms with Gasteiger partial charge in [-0.05, 0) is 32.1 Å². The lowest BCUT2D eigenvalue weighted by Crippen LogP contribution is -2.32. The molecule has 0 fully saturated rings. The van der Waals surface area contributed by atoms with Gasteiger partial charge in [0.2, 0.25) is 0 Å². The second kappa shape index (κ2) is 28.0. The largest absolute Gasteiger partial charge is 0.469 e. The Morgan fingerprint density at radius 1 is 0.514 bits per heavy atom. The summed E-state index contributed by atoms with van der Waals surface area (Å²) in [5.74, 6) is -0.0878. The van der Waals surface area contributed by atoms with E-state index in [0.29, 0.717) is 6.42 Å². The Bertz CT molecular complexity index is 426. The summed E-state index contributed by atoms with van der Waals surface area (Å²) >= 11 is 0. The van der Waals surface area contributed by atoms with Crippen LogP contribution in [0.2, 0.25) is 0 Å². The van der Waals surface area contributed by atoms with Crippen LogP contribution in [-0.2, 0) is 19.0 Å². The molecule has 2 atom stereocenters. The van der Waals surface area contributed by atoms with E-state index in [0.717, 1.165) is 45.3 Å². The third-order valence-electron chi connectivity index (χ3n) is 7.01. The predicted molar refractivity (Wildman–Crippen MR) is 150 cm³/mol. The molecule has 4 nitrogen and oxygen atoms in total. The number of carbonyl (C=O) groups excluding carboxylic acids is 1. The summed E-state index contributed by atoms with van der Waals surface area (Å²) in [6.45, 7) is 8.56. The Morgan fingerprint density at radius 2 is 0.886 bits per heavy atom. The van der Waals surface area contributed by atoms with Crippen molar-refractivity contribution in [1.29, 1.82) is 0 Å². The van der Waals surface area contributed by atoms with E-state index in [2.05, 4.69) is 20.8 Å². The maximum absolute atomic E-state index is 11.3. The Morgan fingerprint density at radius 3 is 1.31 bits per heavy atom. The highest BCUT2D eigenvalue weighted by Crippen LogP contribution is 2.21. The lowest BCUT2D eigenvalue weighted by molar-refractivity contribution is -0.140. The zero-order valence-electron chi connectivity index (χ0n) is 24.3. The molecule has 0 aromatic carbocycles. The Balaban J connectivity index is 4.65. The minimum atomic E-state index is -0.0878. The molecule has 0 saturated heterocycles. The summed E-state index contributed by atoms with van der Waals surface area (Å²) in [5.41, 5.74) is 0. The monoisotopic (exact) mass is 498 g/mol. The predicted octanol–water partition coefficient (Wildman–Crippen LogP) is 9.57. The summed E-state index contributed by atoms with van der Waals surface area (Å²) in [4.78, 5) is 11.3. The van der Waals surface area contributed by atoms with Gasteiger partial charge in [0.05, 0.1) is 19.3 Å². The molecular weight excluding hydrogens is 436 g/mol. The fourth-order valence-electron chi connectivity index (χ4n) is 4.65. The lowest BCUT2D eigenvalue weighted by Gasteiger charge is -2.28. The third-order valence-corrected chi connectivity index (χ3v) is 7.01. The molecule has 0 aromatic rings. The van der Waals surface area contributed by atoms with Crippen LogP contribution in [0.3, 0.4) is 0 Å². The molecule has 0 amide bonds. The van der Waals surface area contributed by atoms with Gasteiger partial charge < -0.3 is 14.2 Å². The standard InChI is InChI=1S/C31H62O4/c1-5-8-11-14-16-19-24-29(34-27-22-12-9-6-2)30(35-28-23-13-10-7-3)25-20-17-15-18-21-26-31(32)33-4/h29-30H,5-28H2,1-4H3. The van der Waals surface area contributed by atoms with Crippen molar-refractivity contribution in [2.75, 3.05) is 20.3 Å². The molecule has 2 unspecified atom stereocenters. The van der Waals surface area contributed by atoms with Gasteiger partial charge >= 0.3 is 5.97 Å². The van der Waals surface area contributed by atoms with Gasteiger partial charge in [0.15, 0.2) is 0 Å². The molecule has 0 aliphatic carbocycles. The van der Waals surface area contributed by atoms with Crippen molar-refractivity contribution in [3.8, 4) is 0 Å². The van der Waals surface area contributed by atoms with Gasteiger partial charge in [-0.25, -0.2) is 0 Å². The second-order valence-corrected chi connectivity index (χ2v) is 10.4. The van der Waals surface area contributed by atoms with Crippen LogP contribution >= 0.6 is 0 Å². The van der Waals surface area contributed by atoms with Gasteiger partial charge in [-0.2, -0.15) is 0 Å². The summed E-state index contributed by atoms with van der Waals surface area (Å²) in [6, 6.07) is 0. The number of carbonyl (C=O) groups is 1. The van der Waals surface area contributed by atoms with Crippen molar-refractivity contribution in [2.45, 2.75) is 174 Å². The Kier molecular flexibility index (Phi) is 27.5. The van der Waals surface area contributed by atoms with Crippen molar-refractivity contribution in [2.24, 2.45) is 0 Å². The summed E-state index contributed by atoms with van der Waals surface area (Å²) in [5, 5.41) is 0. The molecular formula is C31H62O4. The quantitative estimate of drug-likeness (QED) is 0.0795. The van der Waals surface area contributed by atoms with Crippen LogP contribution < -0.4 is 0 Å². The average molecular weight is 499 g/mol. The lowest BCUT2D eigenvalue weighted by atomic mass is 9.99. The number of rotatable bonds is 28. The molecule has 0 bridgehead atoms. The summed E-state index contributed by atoms with van der Waals surface area (Å²) in [7, 11) is 1.47. The van der Waals surface area contributed by atoms with E-state index in [1.165, 1.54) is 110 Å². The summed E-state index contributed by atoms with van der Waals surface area (Å²) in [6.07, 6.45) is 26.8. The molecule has 0 rings (SSSR count). The van der Waals surface area contributed by atoms with Crippen molar-refractivity contribution in [1.82, 2.24) is 0 Å². The number of ether oxygens (including phenoxy) is 3. The zero-order valence-corrected chi connectivity index (χ0v) is 24.3. The highest BCUT2D eigenvalue weighted by atomic mass is 16.5. The number of hydrogen-bond acceptors (Lipinski definition) is 4. The molecule has 0 heterocycles. The normalized spacial score (nSPS) is 13.1. The third kappa shape index (κ3) is 23.5. The van der Waals surface area contributed by atoms with E-state index in [1.54, 1.807) is 0 Å². The minimum absolute atomic E-state index is 0.0878. The first-order valence-electron chi connectivity index (χ1n) is 15.5. The second-order valence-electron chi connectivity index (χ2n) is 10.4. The molecule has 0 spiro atoms. The first kappa shape index (κ1) is 34.4. The molecule has 0 aliphatic rings. The van der Waals surface area contributed by atoms with Gasteiger partial charge in [0.25, 0.3) is 0 Å². The molecule has 35 heavy (non-hydrogen) atoms. The molecule has 0 radical (unpaired) electrons. The van der Waals surface area contributed by atoms with Crippen molar-refractivity contribution in [3.63, 3.8) is 0 Å². The highest BCUT2D eigenvalue weighted by molar-refractivity contribution is 5.68. The first-order valence-corrected chi connectivity index (χ1v) is 15.5. The Hall–Kier alpha value is -0.610. The van der Waals surface area contributed by atoms with Crippen LogP contribution in [0.5, 0.6) is 0 Å². The molecule has 210 valence electrons. The summed E-state index contributed by atoms with van der Waals surface area (Å²) < 4.78 is 17.8. The van der Waals surface area contributed by atoms with Gasteiger partial charge in [-0.3, -0.25) is 4.79 Å². The van der Waals surface area contributed by atoms with E-state index in [4.69, 9.17) is 14.2 Å². The number of unbranched alkanes of at least 4 members (excludes halogenated alkanes) is 15. The van der Waals surface area contributed by atoms with E-state index < -0.39 is 0 Å². The fraction of sp³-hybridized carbons (Fsp3) is 0.968. The van der Waals surface area contributed by atoms with Gasteiger partial charge in [-0.15, -0.1) is 0 Å². The van der Waals surface area contributed by atoms with Crippen LogP contribution in [-0.4, -0.2) is 38.5 Å². The van der Waals surface area contributed by atoms with Gasteiger partial charge in [0.1, 0.15) is 0 Å². The van der Waals surface area contributed by atoms with Crippen LogP contribution in [0, 0.1) is 0 Å². The molecule has 0 aliphatic heterocycles. The molecule has 0 N–H and O–H groups in total. The van der Waals surface area contributed by atoms with Crippen LogP contribution in [0.15, 0.2) is 0 Å². The highest BCUT2D eigenvalue weighted by Gasteiger charge is 2.22. The molecule has 0 aromatic heterocycles. The van der Waals surface area contributed by atoms with Crippen molar-refractivity contribution < 1.29 is 19.0 Å². The smallest absolute Gasteiger partial charge is 0.305 e. The molecule has 0 saturated carbocycles. The van der Waals surface area contributed by atoms with Crippen molar-refractivity contribution >= 4 is 5.97 Å². The van der Waals surface area contributed by atoms with Crippen LogP contribution in [0.4, 0.5) is 0 Å².